The smallest absolute Gasteiger partial charge is 0.326 e. The quantitative estimate of drug-likeness (QED) is 0.250. The molecule has 0 heterocycles. The lowest BCUT2D eigenvalue weighted by Crippen LogP contribution is -2.37. The van der Waals surface area contributed by atoms with Gasteiger partial charge in [-0.15, -0.1) is 0 Å². The van der Waals surface area contributed by atoms with Gasteiger partial charge in [-0.25, -0.2) is 4.79 Å². The highest BCUT2D eigenvalue weighted by atomic mass is 35.5. The summed E-state index contributed by atoms with van der Waals surface area (Å²) in [4.78, 5) is 37.2. The maximum absolute atomic E-state index is 13.0. The standard InChI is InChI=1S/C24H23ClN4O5/c1-34-22-13-11-20(12-14-22)28(24(31)27-19-7-9-21(10-8-19)29(32)33)16-2-15-26-23(30)17-3-5-18(25)6-4-17/h3-14H,2,15-16H2,1H3,(H,26,30)(H,27,31). The van der Waals surface area contributed by atoms with Crippen molar-refractivity contribution < 1.29 is 19.2 Å². The highest BCUT2D eigenvalue weighted by molar-refractivity contribution is 6.30. The number of amides is 3. The molecule has 3 rings (SSSR count). The highest BCUT2D eigenvalue weighted by Gasteiger charge is 2.17. The first-order valence-electron chi connectivity index (χ1n) is 10.4. The summed E-state index contributed by atoms with van der Waals surface area (Å²) >= 11 is 5.85. The van der Waals surface area contributed by atoms with E-state index in [1.165, 1.54) is 29.2 Å². The summed E-state index contributed by atoms with van der Waals surface area (Å²) in [7, 11) is 1.55. The zero-order valence-electron chi connectivity index (χ0n) is 18.4. The first-order chi connectivity index (χ1) is 16.4. The second-order valence-corrected chi connectivity index (χ2v) is 7.64. The first-order valence-corrected chi connectivity index (χ1v) is 10.8. The van der Waals surface area contributed by atoms with Crippen molar-refractivity contribution in [3.8, 4) is 5.75 Å². The molecule has 2 N–H and O–H groups in total. The second-order valence-electron chi connectivity index (χ2n) is 7.20. The predicted octanol–water partition coefficient (Wildman–Crippen LogP) is 5.12. The molecule has 0 spiro atoms. The number of nitro groups is 1. The molecule has 0 radical (unpaired) electrons. The van der Waals surface area contributed by atoms with Crippen LogP contribution in [0.2, 0.25) is 5.02 Å². The highest BCUT2D eigenvalue weighted by Crippen LogP contribution is 2.22. The summed E-state index contributed by atoms with van der Waals surface area (Å²) in [5.74, 6) is 0.415. The van der Waals surface area contributed by atoms with Crippen LogP contribution in [0.15, 0.2) is 72.8 Å². The minimum absolute atomic E-state index is 0.0681. The lowest BCUT2D eigenvalue weighted by Gasteiger charge is -2.23. The molecule has 0 aliphatic carbocycles. The average Bonchev–Trinajstić information content (AvgIpc) is 2.84. The Labute approximate surface area is 201 Å². The Bertz CT molecular complexity index is 1140. The molecule has 0 atom stereocenters. The number of rotatable bonds is 9. The molecule has 9 nitrogen and oxygen atoms in total. The van der Waals surface area contributed by atoms with Crippen molar-refractivity contribution in [3.63, 3.8) is 0 Å². The van der Waals surface area contributed by atoms with Gasteiger partial charge in [0.15, 0.2) is 0 Å². The van der Waals surface area contributed by atoms with Gasteiger partial charge in [0.05, 0.1) is 12.0 Å². The summed E-state index contributed by atoms with van der Waals surface area (Å²) < 4.78 is 5.18. The number of urea groups is 1. The van der Waals surface area contributed by atoms with Crippen LogP contribution in [-0.4, -0.2) is 37.1 Å². The minimum Gasteiger partial charge on any atom is -0.497 e. The van der Waals surface area contributed by atoms with Crippen LogP contribution in [0.3, 0.4) is 0 Å². The Balaban J connectivity index is 1.65. The SMILES string of the molecule is COc1ccc(N(CCCNC(=O)c2ccc(Cl)cc2)C(=O)Nc2ccc([N+](=O)[O-])cc2)cc1. The molecule has 3 aromatic carbocycles. The molecule has 0 unspecified atom stereocenters. The predicted molar refractivity (Wildman–Crippen MR) is 131 cm³/mol. The molecule has 3 aromatic rings. The molecule has 176 valence electrons. The van der Waals surface area contributed by atoms with Crippen LogP contribution in [0, 0.1) is 10.1 Å². The number of anilines is 2. The molecule has 0 aromatic heterocycles. The topological polar surface area (TPSA) is 114 Å². The third kappa shape index (κ3) is 6.69. The monoisotopic (exact) mass is 482 g/mol. The van der Waals surface area contributed by atoms with Gasteiger partial charge in [0.2, 0.25) is 0 Å². The van der Waals surface area contributed by atoms with E-state index in [2.05, 4.69) is 10.6 Å². The average molecular weight is 483 g/mol. The number of nitrogens with one attached hydrogen (secondary N) is 2. The minimum atomic E-state index is -0.506. The zero-order chi connectivity index (χ0) is 24.5. The van der Waals surface area contributed by atoms with Crippen molar-refractivity contribution in [3.05, 3.63) is 93.5 Å². The van der Waals surface area contributed by atoms with Crippen LogP contribution < -0.4 is 20.3 Å². The lowest BCUT2D eigenvalue weighted by atomic mass is 10.2. The van der Waals surface area contributed by atoms with Crippen LogP contribution in [0.1, 0.15) is 16.8 Å². The third-order valence-corrected chi connectivity index (χ3v) is 5.16. The summed E-state index contributed by atoms with van der Waals surface area (Å²) in [6.45, 7) is 0.658. The molecule has 10 heteroatoms. The van der Waals surface area contributed by atoms with Crippen molar-refractivity contribution in [2.45, 2.75) is 6.42 Å². The molecule has 0 saturated heterocycles. The number of nitro benzene ring substituents is 1. The number of methoxy groups -OCH3 is 1. The Morgan fingerprint density at radius 2 is 1.65 bits per heavy atom. The van der Waals surface area contributed by atoms with Gasteiger partial charge in [0, 0.05) is 47.2 Å². The molecular formula is C24H23ClN4O5. The van der Waals surface area contributed by atoms with Gasteiger partial charge in [0.1, 0.15) is 5.75 Å². The first kappa shape index (κ1) is 24.5. The Morgan fingerprint density at radius 1 is 1.00 bits per heavy atom. The molecule has 0 aliphatic rings. The molecule has 0 bridgehead atoms. The number of halogens is 1. The van der Waals surface area contributed by atoms with Crippen LogP contribution in [0.5, 0.6) is 5.75 Å². The van der Waals surface area contributed by atoms with E-state index in [4.69, 9.17) is 16.3 Å². The van der Waals surface area contributed by atoms with Gasteiger partial charge < -0.3 is 15.4 Å². The summed E-state index contributed by atoms with van der Waals surface area (Å²) in [5, 5.41) is 17.0. The van der Waals surface area contributed by atoms with E-state index < -0.39 is 11.0 Å². The number of non-ortho nitro benzene ring substituents is 1. The van der Waals surface area contributed by atoms with Crippen molar-refractivity contribution in [1.82, 2.24) is 5.32 Å². The van der Waals surface area contributed by atoms with Crippen molar-refractivity contribution in [2.24, 2.45) is 0 Å². The third-order valence-electron chi connectivity index (χ3n) is 4.91. The van der Waals surface area contributed by atoms with E-state index in [1.807, 2.05) is 0 Å². The molecule has 0 fully saturated rings. The molecule has 34 heavy (non-hydrogen) atoms. The van der Waals surface area contributed by atoms with Crippen molar-refractivity contribution in [1.29, 1.82) is 0 Å². The summed E-state index contributed by atoms with van der Waals surface area (Å²) in [6.07, 6.45) is 0.485. The fraction of sp³-hybridized carbons (Fsp3) is 0.167. The number of carbonyl (C=O) groups is 2. The maximum Gasteiger partial charge on any atom is 0.326 e. The van der Waals surface area contributed by atoms with Crippen LogP contribution in [0.4, 0.5) is 21.9 Å². The molecule has 0 aliphatic heterocycles. The number of hydrogen-bond donors (Lipinski definition) is 2. The summed E-state index contributed by atoms with van der Waals surface area (Å²) in [6, 6.07) is 18.7. The van der Waals surface area contributed by atoms with Gasteiger partial charge >= 0.3 is 6.03 Å². The molecule has 3 amide bonds. The molecule has 0 saturated carbocycles. The van der Waals surface area contributed by atoms with Gasteiger partial charge in [-0.05, 0) is 67.1 Å². The summed E-state index contributed by atoms with van der Waals surface area (Å²) in [5.41, 5.74) is 1.48. The number of benzene rings is 3. The maximum atomic E-state index is 13.0. The number of nitrogens with zero attached hydrogens (tertiary/aromatic N) is 2. The Kier molecular flexibility index (Phi) is 8.42. The van der Waals surface area contributed by atoms with E-state index in [0.29, 0.717) is 47.2 Å². The number of hydrogen-bond acceptors (Lipinski definition) is 5. The zero-order valence-corrected chi connectivity index (χ0v) is 19.1. The normalized spacial score (nSPS) is 10.3. The van der Waals surface area contributed by atoms with Gasteiger partial charge in [-0.3, -0.25) is 19.8 Å². The van der Waals surface area contributed by atoms with E-state index in [9.17, 15) is 19.7 Å². The fourth-order valence-electron chi connectivity index (χ4n) is 3.11. The van der Waals surface area contributed by atoms with E-state index >= 15 is 0 Å². The lowest BCUT2D eigenvalue weighted by molar-refractivity contribution is -0.384. The Hall–Kier alpha value is -4.11. The van der Waals surface area contributed by atoms with Crippen LogP contribution in [-0.2, 0) is 0 Å². The van der Waals surface area contributed by atoms with Crippen molar-refractivity contribution in [2.75, 3.05) is 30.4 Å². The number of ether oxygens (including phenoxy) is 1. The molecular weight excluding hydrogens is 460 g/mol. The van der Waals surface area contributed by atoms with Crippen LogP contribution in [0.25, 0.3) is 0 Å². The van der Waals surface area contributed by atoms with Crippen molar-refractivity contribution >= 4 is 40.6 Å². The van der Waals surface area contributed by atoms with Gasteiger partial charge in [0.25, 0.3) is 11.6 Å². The number of carbonyl (C=O) groups excluding carboxylic acids is 2. The van der Waals surface area contributed by atoms with E-state index in [0.717, 1.165) is 0 Å². The second kappa shape index (κ2) is 11.7. The largest absolute Gasteiger partial charge is 0.497 e. The van der Waals surface area contributed by atoms with Gasteiger partial charge in [-0.1, -0.05) is 11.6 Å². The Morgan fingerprint density at radius 3 is 2.24 bits per heavy atom. The van der Waals surface area contributed by atoms with Gasteiger partial charge in [-0.2, -0.15) is 0 Å². The van der Waals surface area contributed by atoms with E-state index in [1.54, 1.807) is 55.6 Å². The van der Waals surface area contributed by atoms with E-state index in [-0.39, 0.29) is 11.6 Å². The fourth-order valence-corrected chi connectivity index (χ4v) is 3.24. The van der Waals surface area contributed by atoms with Crippen LogP contribution >= 0.6 is 11.6 Å².